The lowest BCUT2D eigenvalue weighted by Crippen LogP contribution is -2.27. The summed E-state index contributed by atoms with van der Waals surface area (Å²) in [4.78, 5) is 0. The fourth-order valence-corrected chi connectivity index (χ4v) is 2.53. The fraction of sp³-hybridized carbons (Fsp3) is 0.700. The Kier molecular flexibility index (Phi) is 3.43. The van der Waals surface area contributed by atoms with E-state index in [1.807, 2.05) is 7.05 Å². The standard InChI is InChI=1S/C10H15BrN2O2/c1-13-9(7(11)6-12-13)10(14)8-4-2-3-5-15-8/h6,8,10,14H,2-5H2,1H3. The lowest BCUT2D eigenvalue weighted by molar-refractivity contribution is -0.0662. The highest BCUT2D eigenvalue weighted by molar-refractivity contribution is 9.10. The Morgan fingerprint density at radius 1 is 1.67 bits per heavy atom. The van der Waals surface area contributed by atoms with Crippen LogP contribution in [0.3, 0.4) is 0 Å². The Balaban J connectivity index is 2.15. The van der Waals surface area contributed by atoms with Crippen LogP contribution in [-0.2, 0) is 11.8 Å². The van der Waals surface area contributed by atoms with E-state index in [4.69, 9.17) is 4.74 Å². The topological polar surface area (TPSA) is 47.3 Å². The van der Waals surface area contributed by atoms with E-state index in [0.717, 1.165) is 36.0 Å². The van der Waals surface area contributed by atoms with Gasteiger partial charge in [-0.05, 0) is 35.2 Å². The molecule has 15 heavy (non-hydrogen) atoms. The van der Waals surface area contributed by atoms with E-state index >= 15 is 0 Å². The minimum absolute atomic E-state index is 0.0922. The van der Waals surface area contributed by atoms with Crippen LogP contribution in [0.2, 0.25) is 0 Å². The first-order valence-electron chi connectivity index (χ1n) is 5.17. The molecular weight excluding hydrogens is 260 g/mol. The quantitative estimate of drug-likeness (QED) is 0.895. The van der Waals surface area contributed by atoms with Crippen molar-refractivity contribution in [2.75, 3.05) is 6.61 Å². The zero-order valence-electron chi connectivity index (χ0n) is 8.69. The van der Waals surface area contributed by atoms with Crippen LogP contribution in [0.15, 0.2) is 10.7 Å². The fourth-order valence-electron chi connectivity index (χ4n) is 1.94. The number of aryl methyl sites for hydroxylation is 1. The Hall–Kier alpha value is -0.390. The SMILES string of the molecule is Cn1ncc(Br)c1C(O)C1CCCCO1. The van der Waals surface area contributed by atoms with Crippen molar-refractivity contribution < 1.29 is 9.84 Å². The third kappa shape index (κ3) is 2.24. The van der Waals surface area contributed by atoms with Gasteiger partial charge >= 0.3 is 0 Å². The van der Waals surface area contributed by atoms with E-state index in [2.05, 4.69) is 21.0 Å². The van der Waals surface area contributed by atoms with Crippen molar-refractivity contribution >= 4 is 15.9 Å². The van der Waals surface area contributed by atoms with E-state index in [1.165, 1.54) is 0 Å². The van der Waals surface area contributed by atoms with Crippen LogP contribution >= 0.6 is 15.9 Å². The molecule has 0 aromatic carbocycles. The molecule has 2 unspecified atom stereocenters. The van der Waals surface area contributed by atoms with Crippen LogP contribution in [-0.4, -0.2) is 27.6 Å². The molecule has 1 fully saturated rings. The average Bonchev–Trinajstić information content (AvgIpc) is 2.59. The summed E-state index contributed by atoms with van der Waals surface area (Å²) in [6.07, 6.45) is 4.14. The number of hydrogen-bond donors (Lipinski definition) is 1. The van der Waals surface area contributed by atoms with Crippen LogP contribution < -0.4 is 0 Å². The molecule has 2 heterocycles. The van der Waals surface area contributed by atoms with Crippen molar-refractivity contribution in [3.63, 3.8) is 0 Å². The van der Waals surface area contributed by atoms with Crippen molar-refractivity contribution in [2.24, 2.45) is 7.05 Å². The number of rotatable bonds is 2. The van der Waals surface area contributed by atoms with E-state index < -0.39 is 6.10 Å². The molecule has 1 aromatic heterocycles. The van der Waals surface area contributed by atoms with Gasteiger partial charge in [0.25, 0.3) is 0 Å². The second kappa shape index (κ2) is 4.63. The molecule has 0 spiro atoms. The van der Waals surface area contributed by atoms with Gasteiger partial charge in [-0.15, -0.1) is 0 Å². The van der Waals surface area contributed by atoms with E-state index in [-0.39, 0.29) is 6.10 Å². The molecule has 1 N–H and O–H groups in total. The van der Waals surface area contributed by atoms with Gasteiger partial charge in [-0.2, -0.15) is 5.10 Å². The zero-order valence-corrected chi connectivity index (χ0v) is 10.3. The van der Waals surface area contributed by atoms with Gasteiger partial charge in [0.1, 0.15) is 6.10 Å². The minimum atomic E-state index is -0.591. The molecule has 5 heteroatoms. The molecule has 84 valence electrons. The molecule has 2 atom stereocenters. The van der Waals surface area contributed by atoms with Gasteiger partial charge in [0.2, 0.25) is 0 Å². The minimum Gasteiger partial charge on any atom is -0.384 e. The summed E-state index contributed by atoms with van der Waals surface area (Å²) in [7, 11) is 1.83. The number of aliphatic hydroxyl groups excluding tert-OH is 1. The van der Waals surface area contributed by atoms with E-state index in [1.54, 1.807) is 10.9 Å². The first-order chi connectivity index (χ1) is 7.20. The van der Waals surface area contributed by atoms with Crippen molar-refractivity contribution in [1.29, 1.82) is 0 Å². The van der Waals surface area contributed by atoms with Crippen molar-refractivity contribution in [3.8, 4) is 0 Å². The molecule has 4 nitrogen and oxygen atoms in total. The zero-order chi connectivity index (χ0) is 10.8. The largest absolute Gasteiger partial charge is 0.384 e. The maximum absolute atomic E-state index is 10.2. The third-order valence-corrected chi connectivity index (χ3v) is 3.40. The molecule has 0 amide bonds. The van der Waals surface area contributed by atoms with Gasteiger partial charge in [0, 0.05) is 13.7 Å². The maximum Gasteiger partial charge on any atom is 0.123 e. The summed E-state index contributed by atoms with van der Waals surface area (Å²) in [6, 6.07) is 0. The van der Waals surface area contributed by atoms with Gasteiger partial charge in [-0.1, -0.05) is 0 Å². The summed E-state index contributed by atoms with van der Waals surface area (Å²) in [6.45, 7) is 0.747. The van der Waals surface area contributed by atoms with Crippen molar-refractivity contribution in [1.82, 2.24) is 9.78 Å². The molecule has 0 aliphatic carbocycles. The first kappa shape index (κ1) is 11.1. The molecule has 0 radical (unpaired) electrons. The van der Waals surface area contributed by atoms with Gasteiger partial charge < -0.3 is 9.84 Å². The molecule has 0 bridgehead atoms. The highest BCUT2D eigenvalue weighted by Gasteiger charge is 2.27. The predicted octanol–water partition coefficient (Wildman–Crippen LogP) is 1.79. The van der Waals surface area contributed by atoms with Gasteiger partial charge in [-0.3, -0.25) is 4.68 Å². The van der Waals surface area contributed by atoms with Crippen LogP contribution in [0.4, 0.5) is 0 Å². The summed E-state index contributed by atoms with van der Waals surface area (Å²) in [5.74, 6) is 0. The number of nitrogens with zero attached hydrogens (tertiary/aromatic N) is 2. The predicted molar refractivity (Wildman–Crippen MR) is 59.5 cm³/mol. The molecule has 1 saturated heterocycles. The highest BCUT2D eigenvalue weighted by Crippen LogP contribution is 2.30. The molecular formula is C10H15BrN2O2. The lowest BCUT2D eigenvalue weighted by Gasteiger charge is -2.27. The normalized spacial score (nSPS) is 24.1. The molecule has 2 rings (SSSR count). The van der Waals surface area contributed by atoms with Crippen LogP contribution in [0, 0.1) is 0 Å². The molecule has 1 aliphatic rings. The maximum atomic E-state index is 10.2. The molecule has 0 saturated carbocycles. The summed E-state index contributed by atoms with van der Waals surface area (Å²) in [5, 5.41) is 14.3. The van der Waals surface area contributed by atoms with E-state index in [9.17, 15) is 5.11 Å². The Morgan fingerprint density at radius 2 is 2.47 bits per heavy atom. The van der Waals surface area contributed by atoms with E-state index in [0.29, 0.717) is 0 Å². The number of hydrogen-bond acceptors (Lipinski definition) is 3. The Morgan fingerprint density at radius 3 is 3.00 bits per heavy atom. The second-order valence-electron chi connectivity index (χ2n) is 3.85. The van der Waals surface area contributed by atoms with Crippen LogP contribution in [0.5, 0.6) is 0 Å². The second-order valence-corrected chi connectivity index (χ2v) is 4.71. The number of ether oxygens (including phenoxy) is 1. The van der Waals surface area contributed by atoms with Gasteiger partial charge in [0.05, 0.1) is 22.5 Å². The smallest absolute Gasteiger partial charge is 0.123 e. The highest BCUT2D eigenvalue weighted by atomic mass is 79.9. The first-order valence-corrected chi connectivity index (χ1v) is 5.96. The number of halogens is 1. The van der Waals surface area contributed by atoms with Gasteiger partial charge in [-0.25, -0.2) is 0 Å². The van der Waals surface area contributed by atoms with Crippen molar-refractivity contribution in [3.05, 3.63) is 16.4 Å². The Labute approximate surface area is 97.4 Å². The summed E-state index contributed by atoms with van der Waals surface area (Å²) >= 11 is 3.39. The molecule has 1 aliphatic heterocycles. The number of aliphatic hydroxyl groups is 1. The van der Waals surface area contributed by atoms with Crippen molar-refractivity contribution in [2.45, 2.75) is 31.5 Å². The third-order valence-electron chi connectivity index (χ3n) is 2.78. The van der Waals surface area contributed by atoms with Crippen LogP contribution in [0.25, 0.3) is 0 Å². The lowest BCUT2D eigenvalue weighted by atomic mass is 10.0. The van der Waals surface area contributed by atoms with Crippen LogP contribution in [0.1, 0.15) is 31.1 Å². The van der Waals surface area contributed by atoms with Gasteiger partial charge in [0.15, 0.2) is 0 Å². The summed E-state index contributed by atoms with van der Waals surface area (Å²) < 4.78 is 8.09. The summed E-state index contributed by atoms with van der Waals surface area (Å²) in [5.41, 5.74) is 0.793. The molecule has 1 aromatic rings. The monoisotopic (exact) mass is 274 g/mol. The average molecular weight is 275 g/mol. The Bertz CT molecular complexity index is 315. The number of aromatic nitrogens is 2.